The minimum atomic E-state index is -0.456. The fourth-order valence-corrected chi connectivity index (χ4v) is 2.46. The van der Waals surface area contributed by atoms with Crippen LogP contribution < -0.4 is 10.2 Å². The van der Waals surface area contributed by atoms with Crippen molar-refractivity contribution in [1.82, 2.24) is 0 Å². The van der Waals surface area contributed by atoms with Crippen LogP contribution in [0.3, 0.4) is 0 Å². The van der Waals surface area contributed by atoms with Crippen LogP contribution in [0.1, 0.15) is 6.42 Å². The maximum Gasteiger partial charge on any atom is 0.193 e. The van der Waals surface area contributed by atoms with E-state index in [2.05, 4.69) is 15.9 Å². The van der Waals surface area contributed by atoms with E-state index in [0.717, 1.165) is 23.1 Å². The molecule has 0 N–H and O–H groups in total. The van der Waals surface area contributed by atoms with Crippen molar-refractivity contribution in [3.63, 3.8) is 0 Å². The zero-order chi connectivity index (χ0) is 16.2. The Hall–Kier alpha value is -2.14. The standard InChI is InChI=1S/C18H14BrFO3/c19-8-1-9-22-14-5-2-12(3-6-14)18-11-16(21)15-10-13(20)4-7-17(15)23-18/h2-7,10-11H,1,8-9H2. The van der Waals surface area contributed by atoms with Crippen LogP contribution in [-0.4, -0.2) is 11.9 Å². The Kier molecular flexibility index (Phi) is 4.76. The molecule has 3 rings (SSSR count). The van der Waals surface area contributed by atoms with Crippen molar-refractivity contribution in [2.45, 2.75) is 6.42 Å². The average Bonchev–Trinajstić information content (AvgIpc) is 2.56. The Morgan fingerprint density at radius 2 is 1.87 bits per heavy atom. The fourth-order valence-electron chi connectivity index (χ4n) is 2.23. The van der Waals surface area contributed by atoms with Gasteiger partial charge in [0.05, 0.1) is 12.0 Å². The lowest BCUT2D eigenvalue weighted by Gasteiger charge is -2.07. The molecule has 0 aliphatic carbocycles. The third kappa shape index (κ3) is 3.62. The van der Waals surface area contributed by atoms with E-state index in [1.165, 1.54) is 24.3 Å². The molecule has 3 aromatic rings. The van der Waals surface area contributed by atoms with Gasteiger partial charge in [-0.1, -0.05) is 15.9 Å². The molecular weight excluding hydrogens is 363 g/mol. The van der Waals surface area contributed by atoms with Crippen molar-refractivity contribution in [2.24, 2.45) is 0 Å². The van der Waals surface area contributed by atoms with Gasteiger partial charge in [-0.25, -0.2) is 4.39 Å². The first-order valence-electron chi connectivity index (χ1n) is 7.20. The van der Waals surface area contributed by atoms with Gasteiger partial charge >= 0.3 is 0 Å². The van der Waals surface area contributed by atoms with Crippen LogP contribution in [0.25, 0.3) is 22.3 Å². The minimum absolute atomic E-state index is 0.239. The predicted octanol–water partition coefficient (Wildman–Crippen LogP) is 4.76. The maximum atomic E-state index is 13.2. The van der Waals surface area contributed by atoms with Crippen molar-refractivity contribution in [3.8, 4) is 17.1 Å². The molecule has 0 spiro atoms. The quantitative estimate of drug-likeness (QED) is 0.475. The summed E-state index contributed by atoms with van der Waals surface area (Å²) >= 11 is 3.35. The van der Waals surface area contributed by atoms with Crippen molar-refractivity contribution in [1.29, 1.82) is 0 Å². The molecule has 0 saturated carbocycles. The van der Waals surface area contributed by atoms with Crippen LogP contribution in [0, 0.1) is 5.82 Å². The fraction of sp³-hybridized carbons (Fsp3) is 0.167. The molecular formula is C18H14BrFO3. The van der Waals surface area contributed by atoms with E-state index in [0.29, 0.717) is 18.0 Å². The summed E-state index contributed by atoms with van der Waals surface area (Å²) in [7, 11) is 0. The number of rotatable bonds is 5. The van der Waals surface area contributed by atoms with Crippen LogP contribution in [0.2, 0.25) is 0 Å². The molecule has 1 heterocycles. The topological polar surface area (TPSA) is 39.4 Å². The lowest BCUT2D eigenvalue weighted by molar-refractivity contribution is 0.319. The van der Waals surface area contributed by atoms with E-state index in [1.807, 2.05) is 24.3 Å². The van der Waals surface area contributed by atoms with Gasteiger partial charge in [-0.3, -0.25) is 4.79 Å². The first-order chi connectivity index (χ1) is 11.2. The monoisotopic (exact) mass is 376 g/mol. The largest absolute Gasteiger partial charge is 0.494 e. The number of ether oxygens (including phenoxy) is 1. The van der Waals surface area contributed by atoms with Crippen molar-refractivity contribution in [2.75, 3.05) is 11.9 Å². The highest BCUT2D eigenvalue weighted by atomic mass is 79.9. The van der Waals surface area contributed by atoms with Gasteiger partial charge in [-0.2, -0.15) is 0 Å². The van der Waals surface area contributed by atoms with Crippen molar-refractivity contribution >= 4 is 26.9 Å². The number of hydrogen-bond donors (Lipinski definition) is 0. The lowest BCUT2D eigenvalue weighted by Crippen LogP contribution is -2.01. The Balaban J connectivity index is 1.91. The first-order valence-corrected chi connectivity index (χ1v) is 8.32. The molecule has 0 radical (unpaired) electrons. The molecule has 3 nitrogen and oxygen atoms in total. The Bertz CT molecular complexity index is 872. The van der Waals surface area contributed by atoms with Crippen LogP contribution in [-0.2, 0) is 0 Å². The highest BCUT2D eigenvalue weighted by molar-refractivity contribution is 9.09. The Morgan fingerprint density at radius 1 is 1.09 bits per heavy atom. The van der Waals surface area contributed by atoms with E-state index in [9.17, 15) is 9.18 Å². The average molecular weight is 377 g/mol. The molecule has 0 unspecified atom stereocenters. The van der Waals surface area contributed by atoms with E-state index >= 15 is 0 Å². The maximum absolute atomic E-state index is 13.2. The second kappa shape index (κ2) is 6.96. The molecule has 23 heavy (non-hydrogen) atoms. The molecule has 0 bridgehead atoms. The Morgan fingerprint density at radius 3 is 2.61 bits per heavy atom. The SMILES string of the molecule is O=c1cc(-c2ccc(OCCCBr)cc2)oc2ccc(F)cc12. The van der Waals surface area contributed by atoms with Gasteiger partial charge in [-0.15, -0.1) is 0 Å². The van der Waals surface area contributed by atoms with Crippen LogP contribution in [0.4, 0.5) is 4.39 Å². The van der Waals surface area contributed by atoms with Gasteiger partial charge in [0.25, 0.3) is 0 Å². The van der Waals surface area contributed by atoms with Gasteiger partial charge in [0, 0.05) is 17.0 Å². The summed E-state index contributed by atoms with van der Waals surface area (Å²) in [4.78, 5) is 12.1. The molecule has 1 aromatic heterocycles. The number of hydrogen-bond acceptors (Lipinski definition) is 3. The molecule has 0 fully saturated rings. The number of halogens is 2. The zero-order valence-electron chi connectivity index (χ0n) is 12.2. The van der Waals surface area contributed by atoms with E-state index in [1.54, 1.807) is 0 Å². The number of fused-ring (bicyclic) bond motifs is 1. The second-order valence-electron chi connectivity index (χ2n) is 5.03. The highest BCUT2D eigenvalue weighted by Crippen LogP contribution is 2.24. The van der Waals surface area contributed by atoms with Gasteiger partial charge in [0.1, 0.15) is 22.9 Å². The summed E-state index contributed by atoms with van der Waals surface area (Å²) in [5.41, 5.74) is 0.867. The summed E-state index contributed by atoms with van der Waals surface area (Å²) < 4.78 is 24.5. The van der Waals surface area contributed by atoms with Gasteiger partial charge in [-0.05, 0) is 48.9 Å². The van der Waals surface area contributed by atoms with E-state index < -0.39 is 5.82 Å². The molecule has 5 heteroatoms. The molecule has 118 valence electrons. The minimum Gasteiger partial charge on any atom is -0.494 e. The third-order valence-electron chi connectivity index (χ3n) is 3.37. The van der Waals surface area contributed by atoms with E-state index in [4.69, 9.17) is 9.15 Å². The zero-order valence-corrected chi connectivity index (χ0v) is 13.8. The lowest BCUT2D eigenvalue weighted by atomic mass is 10.1. The molecule has 2 aromatic carbocycles. The summed E-state index contributed by atoms with van der Waals surface area (Å²) in [5.74, 6) is 0.753. The molecule has 0 saturated heterocycles. The molecule has 0 atom stereocenters. The predicted molar refractivity (Wildman–Crippen MR) is 91.8 cm³/mol. The summed E-state index contributed by atoms with van der Waals surface area (Å²) in [6.07, 6.45) is 0.928. The number of benzene rings is 2. The first kappa shape index (κ1) is 15.7. The van der Waals surface area contributed by atoms with Gasteiger partial charge in [0.15, 0.2) is 5.43 Å². The molecule has 0 aliphatic rings. The van der Waals surface area contributed by atoms with Crippen LogP contribution >= 0.6 is 15.9 Å². The summed E-state index contributed by atoms with van der Waals surface area (Å²) in [6, 6.07) is 12.6. The molecule has 0 amide bonds. The normalized spacial score (nSPS) is 10.9. The summed E-state index contributed by atoms with van der Waals surface area (Å²) in [6.45, 7) is 0.640. The van der Waals surface area contributed by atoms with E-state index in [-0.39, 0.29) is 10.8 Å². The third-order valence-corrected chi connectivity index (χ3v) is 3.94. The Labute approximate surface area is 140 Å². The van der Waals surface area contributed by atoms with Crippen LogP contribution in [0.15, 0.2) is 57.7 Å². The smallest absolute Gasteiger partial charge is 0.193 e. The summed E-state index contributed by atoms with van der Waals surface area (Å²) in [5, 5.41) is 1.14. The van der Waals surface area contributed by atoms with Gasteiger partial charge < -0.3 is 9.15 Å². The number of alkyl halides is 1. The van der Waals surface area contributed by atoms with Crippen LogP contribution in [0.5, 0.6) is 5.75 Å². The highest BCUT2D eigenvalue weighted by Gasteiger charge is 2.08. The van der Waals surface area contributed by atoms with Gasteiger partial charge in [0.2, 0.25) is 0 Å². The van der Waals surface area contributed by atoms with Crippen molar-refractivity contribution < 1.29 is 13.5 Å². The molecule has 0 aliphatic heterocycles. The van der Waals surface area contributed by atoms with Crippen molar-refractivity contribution in [3.05, 3.63) is 64.6 Å². The second-order valence-corrected chi connectivity index (χ2v) is 5.82.